The monoisotopic (exact) mass is 289 g/mol. The highest BCUT2D eigenvalue weighted by molar-refractivity contribution is 6.83. The lowest BCUT2D eigenvalue weighted by Crippen LogP contribution is -2.16. The SMILES string of the molecule is C[Si](C)(C)C#Cc1ccc(C#Cc2ccc(N)cc2)cc1. The van der Waals surface area contributed by atoms with Crippen molar-refractivity contribution >= 4 is 13.8 Å². The summed E-state index contributed by atoms with van der Waals surface area (Å²) in [7, 11) is -1.32. The molecule has 2 aromatic rings. The van der Waals surface area contributed by atoms with Crippen molar-refractivity contribution in [2.24, 2.45) is 0 Å². The van der Waals surface area contributed by atoms with Gasteiger partial charge in [0.1, 0.15) is 8.07 Å². The first-order chi connectivity index (χ1) is 9.92. The third-order valence-electron chi connectivity index (χ3n) is 2.73. The fraction of sp³-hybridized carbons (Fsp3) is 0.158. The summed E-state index contributed by atoms with van der Waals surface area (Å²) in [6.45, 7) is 6.73. The zero-order chi connectivity index (χ0) is 15.3. The molecular formula is C19H19NSi. The van der Waals surface area contributed by atoms with E-state index in [1.807, 2.05) is 48.5 Å². The highest BCUT2D eigenvalue weighted by Crippen LogP contribution is 2.06. The summed E-state index contributed by atoms with van der Waals surface area (Å²) in [6.07, 6.45) is 0. The lowest BCUT2D eigenvalue weighted by Gasteiger charge is -2.03. The van der Waals surface area contributed by atoms with E-state index in [0.29, 0.717) is 0 Å². The molecule has 21 heavy (non-hydrogen) atoms. The third kappa shape index (κ3) is 5.22. The second kappa shape index (κ2) is 6.35. The third-order valence-corrected chi connectivity index (χ3v) is 3.60. The maximum atomic E-state index is 5.65. The molecule has 0 aliphatic heterocycles. The molecule has 2 rings (SSSR count). The first-order valence-electron chi connectivity index (χ1n) is 6.93. The number of hydrogen-bond acceptors (Lipinski definition) is 1. The van der Waals surface area contributed by atoms with Crippen LogP contribution in [0.5, 0.6) is 0 Å². The van der Waals surface area contributed by atoms with Gasteiger partial charge < -0.3 is 5.73 Å². The predicted octanol–water partition coefficient (Wildman–Crippen LogP) is 3.90. The van der Waals surface area contributed by atoms with Gasteiger partial charge in [-0.05, 0) is 48.5 Å². The van der Waals surface area contributed by atoms with Gasteiger partial charge in [-0.3, -0.25) is 0 Å². The topological polar surface area (TPSA) is 26.0 Å². The van der Waals surface area contributed by atoms with Gasteiger partial charge in [-0.15, -0.1) is 5.54 Å². The average molecular weight is 289 g/mol. The number of nitrogens with two attached hydrogens (primary N) is 1. The summed E-state index contributed by atoms with van der Waals surface area (Å²) in [5, 5.41) is 0. The molecule has 0 unspecified atom stereocenters. The summed E-state index contributed by atoms with van der Waals surface area (Å²) in [5.74, 6) is 9.52. The molecule has 2 aromatic carbocycles. The highest BCUT2D eigenvalue weighted by atomic mass is 28.3. The smallest absolute Gasteiger partial charge is 0.129 e. The molecule has 2 heteroatoms. The zero-order valence-electron chi connectivity index (χ0n) is 12.7. The molecule has 0 saturated heterocycles. The largest absolute Gasteiger partial charge is 0.399 e. The Labute approximate surface area is 128 Å². The number of anilines is 1. The van der Waals surface area contributed by atoms with Crippen molar-refractivity contribution in [1.82, 2.24) is 0 Å². The van der Waals surface area contributed by atoms with Crippen LogP contribution in [0.3, 0.4) is 0 Å². The van der Waals surface area contributed by atoms with Gasteiger partial charge in [-0.25, -0.2) is 0 Å². The maximum absolute atomic E-state index is 5.65. The number of nitrogen functional groups attached to an aromatic ring is 1. The van der Waals surface area contributed by atoms with E-state index in [1.54, 1.807) is 0 Å². The fourth-order valence-corrected chi connectivity index (χ4v) is 2.13. The number of rotatable bonds is 0. The molecule has 0 spiro atoms. The quantitative estimate of drug-likeness (QED) is 0.444. The Morgan fingerprint density at radius 1 is 0.667 bits per heavy atom. The van der Waals surface area contributed by atoms with Crippen LogP contribution in [-0.2, 0) is 0 Å². The molecule has 0 aliphatic carbocycles. The molecule has 104 valence electrons. The van der Waals surface area contributed by atoms with Crippen LogP contribution < -0.4 is 5.73 Å². The number of hydrogen-bond donors (Lipinski definition) is 1. The minimum Gasteiger partial charge on any atom is -0.399 e. The van der Waals surface area contributed by atoms with Crippen LogP contribution in [0, 0.1) is 23.3 Å². The predicted molar refractivity (Wildman–Crippen MR) is 93.5 cm³/mol. The van der Waals surface area contributed by atoms with E-state index in [2.05, 4.69) is 42.9 Å². The second-order valence-corrected chi connectivity index (χ2v) is 10.7. The van der Waals surface area contributed by atoms with Gasteiger partial charge in [0.15, 0.2) is 0 Å². The number of benzene rings is 2. The molecule has 0 amide bonds. The first-order valence-corrected chi connectivity index (χ1v) is 10.4. The Kier molecular flexibility index (Phi) is 4.53. The maximum Gasteiger partial charge on any atom is 0.129 e. The molecule has 0 saturated carbocycles. The minimum absolute atomic E-state index is 0.755. The zero-order valence-corrected chi connectivity index (χ0v) is 13.7. The van der Waals surface area contributed by atoms with Crippen molar-refractivity contribution in [3.8, 4) is 23.3 Å². The molecule has 1 nitrogen and oxygen atoms in total. The second-order valence-electron chi connectivity index (χ2n) is 5.95. The van der Waals surface area contributed by atoms with Gasteiger partial charge in [0.2, 0.25) is 0 Å². The summed E-state index contributed by atoms with van der Waals surface area (Å²) >= 11 is 0. The van der Waals surface area contributed by atoms with E-state index in [4.69, 9.17) is 5.73 Å². The van der Waals surface area contributed by atoms with Gasteiger partial charge >= 0.3 is 0 Å². The van der Waals surface area contributed by atoms with Crippen LogP contribution in [0.25, 0.3) is 0 Å². The van der Waals surface area contributed by atoms with Crippen LogP contribution in [0.4, 0.5) is 5.69 Å². The normalized spacial score (nSPS) is 10.0. The van der Waals surface area contributed by atoms with E-state index in [-0.39, 0.29) is 0 Å². The van der Waals surface area contributed by atoms with Crippen LogP contribution >= 0.6 is 0 Å². The Hall–Kier alpha value is -2.42. The van der Waals surface area contributed by atoms with Crippen LogP contribution in [0.15, 0.2) is 48.5 Å². The summed E-state index contributed by atoms with van der Waals surface area (Å²) < 4.78 is 0. The Bertz CT molecular complexity index is 727. The van der Waals surface area contributed by atoms with Crippen molar-refractivity contribution in [2.45, 2.75) is 19.6 Å². The van der Waals surface area contributed by atoms with E-state index in [1.165, 1.54) is 0 Å². The van der Waals surface area contributed by atoms with Gasteiger partial charge in [0.25, 0.3) is 0 Å². The molecule has 0 aromatic heterocycles. The van der Waals surface area contributed by atoms with Gasteiger partial charge in [0, 0.05) is 22.4 Å². The molecule has 0 atom stereocenters. The van der Waals surface area contributed by atoms with Crippen molar-refractivity contribution in [3.63, 3.8) is 0 Å². The Balaban J connectivity index is 2.13. The standard InChI is InChI=1S/C19H19NSi/c1-21(2,3)15-14-18-8-6-16(7-9-18)4-5-17-10-12-19(20)13-11-17/h6-13H,20H2,1-3H3. The van der Waals surface area contributed by atoms with Crippen molar-refractivity contribution in [3.05, 3.63) is 65.2 Å². The Morgan fingerprint density at radius 3 is 1.48 bits per heavy atom. The first kappa shape index (κ1) is 15.0. The van der Waals surface area contributed by atoms with E-state index in [0.717, 1.165) is 22.4 Å². The molecular weight excluding hydrogens is 270 g/mol. The van der Waals surface area contributed by atoms with E-state index >= 15 is 0 Å². The van der Waals surface area contributed by atoms with Gasteiger partial charge in [0.05, 0.1) is 0 Å². The van der Waals surface area contributed by atoms with Crippen molar-refractivity contribution in [1.29, 1.82) is 0 Å². The van der Waals surface area contributed by atoms with Gasteiger partial charge in [-0.1, -0.05) is 37.4 Å². The van der Waals surface area contributed by atoms with Crippen molar-refractivity contribution < 1.29 is 0 Å². The molecule has 0 heterocycles. The van der Waals surface area contributed by atoms with Crippen molar-refractivity contribution in [2.75, 3.05) is 5.73 Å². The summed E-state index contributed by atoms with van der Waals surface area (Å²) in [4.78, 5) is 0. The van der Waals surface area contributed by atoms with Crippen LogP contribution in [0.2, 0.25) is 19.6 Å². The van der Waals surface area contributed by atoms with Crippen LogP contribution in [0.1, 0.15) is 16.7 Å². The lowest BCUT2D eigenvalue weighted by atomic mass is 10.1. The fourth-order valence-electron chi connectivity index (χ4n) is 1.61. The molecule has 2 N–H and O–H groups in total. The molecule has 0 fully saturated rings. The van der Waals surface area contributed by atoms with E-state index in [9.17, 15) is 0 Å². The average Bonchev–Trinajstić information content (AvgIpc) is 2.45. The minimum atomic E-state index is -1.32. The molecule has 0 bridgehead atoms. The Morgan fingerprint density at radius 2 is 1.05 bits per heavy atom. The highest BCUT2D eigenvalue weighted by Gasteiger charge is 2.07. The molecule has 0 radical (unpaired) electrons. The van der Waals surface area contributed by atoms with Gasteiger partial charge in [-0.2, -0.15) is 0 Å². The summed E-state index contributed by atoms with van der Waals surface area (Å²) in [5.41, 5.74) is 12.8. The molecule has 0 aliphatic rings. The van der Waals surface area contributed by atoms with Crippen LogP contribution in [-0.4, -0.2) is 8.07 Å². The lowest BCUT2D eigenvalue weighted by molar-refractivity contribution is 1.59. The summed E-state index contributed by atoms with van der Waals surface area (Å²) in [6, 6.07) is 15.7. The van der Waals surface area contributed by atoms with E-state index < -0.39 is 8.07 Å².